The molecule has 0 aliphatic carbocycles. The van der Waals surface area contributed by atoms with E-state index in [-0.39, 0.29) is 17.4 Å². The summed E-state index contributed by atoms with van der Waals surface area (Å²) >= 11 is 0. The Morgan fingerprint density at radius 3 is 2.45 bits per heavy atom. The number of carboxylic acids is 1. The molecule has 0 aliphatic heterocycles. The molecular formula is C13H19NO5S. The number of carboxylic acid groups (broad SMARTS) is 1. The maximum absolute atomic E-state index is 11.9. The standard InChI is InChI=1S/C13H19NO5S/c1-3-19-8-10(2)14-20(17,18)9-11-4-6-12(7-5-11)13(15)16/h4-7,10,14H,3,8-9H2,1-2H3,(H,15,16). The van der Waals surface area contributed by atoms with Gasteiger partial charge in [0.15, 0.2) is 0 Å². The van der Waals surface area contributed by atoms with Crippen molar-refractivity contribution in [1.29, 1.82) is 0 Å². The topological polar surface area (TPSA) is 92.7 Å². The molecule has 0 radical (unpaired) electrons. The summed E-state index contributed by atoms with van der Waals surface area (Å²) in [5.74, 6) is -1.23. The molecule has 1 atom stereocenters. The van der Waals surface area contributed by atoms with E-state index in [1.54, 1.807) is 6.92 Å². The molecule has 0 fully saturated rings. The summed E-state index contributed by atoms with van der Waals surface area (Å²) in [5.41, 5.74) is 0.662. The van der Waals surface area contributed by atoms with Crippen LogP contribution in [-0.2, 0) is 20.5 Å². The lowest BCUT2D eigenvalue weighted by Gasteiger charge is -2.14. The van der Waals surface area contributed by atoms with E-state index < -0.39 is 16.0 Å². The normalized spacial score (nSPS) is 13.1. The maximum Gasteiger partial charge on any atom is 0.335 e. The lowest BCUT2D eigenvalue weighted by atomic mass is 10.1. The third-order valence-electron chi connectivity index (χ3n) is 2.51. The number of carbonyl (C=O) groups is 1. The quantitative estimate of drug-likeness (QED) is 0.753. The van der Waals surface area contributed by atoms with Gasteiger partial charge in [0.2, 0.25) is 10.0 Å². The Morgan fingerprint density at radius 1 is 1.35 bits per heavy atom. The highest BCUT2D eigenvalue weighted by molar-refractivity contribution is 7.88. The van der Waals surface area contributed by atoms with Crippen LogP contribution in [0.5, 0.6) is 0 Å². The number of sulfonamides is 1. The van der Waals surface area contributed by atoms with Crippen LogP contribution in [0.4, 0.5) is 0 Å². The van der Waals surface area contributed by atoms with Gasteiger partial charge in [0.1, 0.15) is 0 Å². The molecule has 7 heteroatoms. The minimum absolute atomic E-state index is 0.129. The van der Waals surface area contributed by atoms with Gasteiger partial charge in [-0.05, 0) is 31.5 Å². The fraction of sp³-hybridized carbons (Fsp3) is 0.462. The van der Waals surface area contributed by atoms with Gasteiger partial charge < -0.3 is 9.84 Å². The fourth-order valence-electron chi connectivity index (χ4n) is 1.64. The number of nitrogens with one attached hydrogen (secondary N) is 1. The van der Waals surface area contributed by atoms with Crippen molar-refractivity contribution in [3.8, 4) is 0 Å². The molecule has 1 aromatic carbocycles. The van der Waals surface area contributed by atoms with E-state index >= 15 is 0 Å². The Balaban J connectivity index is 2.64. The van der Waals surface area contributed by atoms with E-state index in [0.717, 1.165) is 0 Å². The van der Waals surface area contributed by atoms with Crippen LogP contribution in [0.15, 0.2) is 24.3 Å². The fourth-order valence-corrected chi connectivity index (χ4v) is 3.04. The molecule has 1 aromatic rings. The van der Waals surface area contributed by atoms with Crippen molar-refractivity contribution in [1.82, 2.24) is 4.72 Å². The first-order chi connectivity index (χ1) is 9.34. The summed E-state index contributed by atoms with van der Waals surface area (Å²) in [7, 11) is -3.47. The van der Waals surface area contributed by atoms with Gasteiger partial charge in [-0.3, -0.25) is 0 Å². The molecule has 2 N–H and O–H groups in total. The molecular weight excluding hydrogens is 282 g/mol. The van der Waals surface area contributed by atoms with Crippen molar-refractivity contribution in [3.05, 3.63) is 35.4 Å². The molecule has 1 rings (SSSR count). The van der Waals surface area contributed by atoms with Crippen molar-refractivity contribution in [3.63, 3.8) is 0 Å². The molecule has 0 aromatic heterocycles. The predicted molar refractivity (Wildman–Crippen MR) is 75.1 cm³/mol. The second kappa shape index (κ2) is 7.37. The van der Waals surface area contributed by atoms with Crippen molar-refractivity contribution < 1.29 is 23.1 Å². The Bertz CT molecular complexity index is 538. The Morgan fingerprint density at radius 2 is 1.95 bits per heavy atom. The molecule has 0 amide bonds. The van der Waals surface area contributed by atoms with Crippen LogP contribution in [0.1, 0.15) is 29.8 Å². The predicted octanol–water partition coefficient (Wildman–Crippen LogP) is 1.23. The summed E-state index contributed by atoms with van der Waals surface area (Å²) in [5, 5.41) is 8.77. The van der Waals surface area contributed by atoms with Crippen LogP contribution < -0.4 is 4.72 Å². The molecule has 20 heavy (non-hydrogen) atoms. The molecule has 0 aliphatic rings. The average molecular weight is 301 g/mol. The lowest BCUT2D eigenvalue weighted by molar-refractivity contribution is 0.0697. The van der Waals surface area contributed by atoms with Crippen molar-refractivity contribution >= 4 is 16.0 Å². The smallest absolute Gasteiger partial charge is 0.335 e. The minimum atomic E-state index is -3.47. The van der Waals surface area contributed by atoms with Crippen LogP contribution in [0, 0.1) is 0 Å². The summed E-state index contributed by atoms with van der Waals surface area (Å²) in [6.45, 7) is 4.41. The molecule has 1 unspecified atom stereocenters. The van der Waals surface area contributed by atoms with Crippen LogP contribution in [-0.4, -0.2) is 38.7 Å². The molecule has 0 bridgehead atoms. The molecule has 0 spiro atoms. The van der Waals surface area contributed by atoms with Crippen molar-refractivity contribution in [2.24, 2.45) is 0 Å². The van der Waals surface area contributed by atoms with E-state index in [1.807, 2.05) is 6.92 Å². The Kier molecular flexibility index (Phi) is 6.12. The number of ether oxygens (including phenoxy) is 1. The molecule has 6 nitrogen and oxygen atoms in total. The van der Waals surface area contributed by atoms with Gasteiger partial charge >= 0.3 is 5.97 Å². The first-order valence-corrected chi connectivity index (χ1v) is 7.89. The number of benzene rings is 1. The van der Waals surface area contributed by atoms with E-state index in [2.05, 4.69) is 4.72 Å². The van der Waals surface area contributed by atoms with E-state index in [4.69, 9.17) is 9.84 Å². The van der Waals surface area contributed by atoms with Gasteiger partial charge in [-0.15, -0.1) is 0 Å². The third-order valence-corrected chi connectivity index (χ3v) is 3.99. The largest absolute Gasteiger partial charge is 0.478 e. The second-order valence-corrected chi connectivity index (χ2v) is 6.19. The minimum Gasteiger partial charge on any atom is -0.478 e. The first-order valence-electron chi connectivity index (χ1n) is 6.24. The number of aromatic carboxylic acids is 1. The van der Waals surface area contributed by atoms with Gasteiger partial charge in [-0.25, -0.2) is 17.9 Å². The highest BCUT2D eigenvalue weighted by atomic mass is 32.2. The SMILES string of the molecule is CCOCC(C)NS(=O)(=O)Cc1ccc(C(=O)O)cc1. The van der Waals surface area contributed by atoms with E-state index in [0.29, 0.717) is 18.8 Å². The Hall–Kier alpha value is -1.44. The van der Waals surface area contributed by atoms with Crippen LogP contribution in [0.2, 0.25) is 0 Å². The highest BCUT2D eigenvalue weighted by Gasteiger charge is 2.15. The van der Waals surface area contributed by atoms with E-state index in [9.17, 15) is 13.2 Å². The third kappa shape index (κ3) is 5.68. The zero-order chi connectivity index (χ0) is 15.2. The lowest BCUT2D eigenvalue weighted by Crippen LogP contribution is -2.36. The van der Waals surface area contributed by atoms with Gasteiger partial charge in [-0.1, -0.05) is 12.1 Å². The van der Waals surface area contributed by atoms with Gasteiger partial charge in [-0.2, -0.15) is 0 Å². The number of hydrogen-bond donors (Lipinski definition) is 2. The average Bonchev–Trinajstić information content (AvgIpc) is 2.35. The molecule has 0 saturated carbocycles. The zero-order valence-corrected chi connectivity index (χ0v) is 12.3. The van der Waals surface area contributed by atoms with Gasteiger partial charge in [0, 0.05) is 12.6 Å². The monoisotopic (exact) mass is 301 g/mol. The van der Waals surface area contributed by atoms with Crippen LogP contribution in [0.3, 0.4) is 0 Å². The zero-order valence-electron chi connectivity index (χ0n) is 11.5. The summed E-state index contributed by atoms with van der Waals surface area (Å²) in [4.78, 5) is 10.7. The van der Waals surface area contributed by atoms with Crippen molar-refractivity contribution in [2.75, 3.05) is 13.2 Å². The summed E-state index contributed by atoms with van der Waals surface area (Å²) in [6, 6.07) is 5.46. The van der Waals surface area contributed by atoms with Crippen LogP contribution in [0.25, 0.3) is 0 Å². The Labute approximate surface area is 118 Å². The van der Waals surface area contributed by atoms with E-state index in [1.165, 1.54) is 24.3 Å². The van der Waals surface area contributed by atoms with Gasteiger partial charge in [0.05, 0.1) is 17.9 Å². The van der Waals surface area contributed by atoms with Crippen molar-refractivity contribution in [2.45, 2.75) is 25.6 Å². The van der Waals surface area contributed by atoms with Crippen LogP contribution >= 0.6 is 0 Å². The maximum atomic E-state index is 11.9. The molecule has 0 heterocycles. The molecule has 0 saturated heterocycles. The summed E-state index contributed by atoms with van der Waals surface area (Å²) in [6.07, 6.45) is 0. The second-order valence-electron chi connectivity index (χ2n) is 4.44. The number of rotatable bonds is 8. The first kappa shape index (κ1) is 16.6. The summed E-state index contributed by atoms with van der Waals surface area (Å²) < 4.78 is 31.5. The number of hydrogen-bond acceptors (Lipinski definition) is 4. The molecule has 112 valence electrons. The van der Waals surface area contributed by atoms with Gasteiger partial charge in [0.25, 0.3) is 0 Å². The highest BCUT2D eigenvalue weighted by Crippen LogP contribution is 2.08.